The summed E-state index contributed by atoms with van der Waals surface area (Å²) in [6.07, 6.45) is 0. The number of piperazine rings is 1. The molecule has 1 aliphatic heterocycles. The Morgan fingerprint density at radius 3 is 2.42 bits per heavy atom. The minimum absolute atomic E-state index is 0.241. The highest BCUT2D eigenvalue weighted by Crippen LogP contribution is 2.29. The molecule has 1 saturated heterocycles. The van der Waals surface area contributed by atoms with Crippen LogP contribution in [0.25, 0.3) is 0 Å². The molecule has 0 aromatic heterocycles. The molecule has 0 radical (unpaired) electrons. The van der Waals surface area contributed by atoms with Gasteiger partial charge in [0.1, 0.15) is 0 Å². The summed E-state index contributed by atoms with van der Waals surface area (Å²) in [5, 5.41) is 0. The Hall–Kier alpha value is -1.57. The van der Waals surface area contributed by atoms with Crippen molar-refractivity contribution in [3.8, 4) is 0 Å². The minimum Gasteiger partial charge on any atom is -0.367 e. The number of nitrogens with one attached hydrogen (secondary N) is 1. The first kappa shape index (κ1) is 17.3. The minimum atomic E-state index is -3.62. The molecule has 24 heavy (non-hydrogen) atoms. The van der Waals surface area contributed by atoms with E-state index in [1.54, 1.807) is 24.3 Å². The molecule has 0 spiro atoms. The van der Waals surface area contributed by atoms with Crippen LogP contribution in [0, 0.1) is 0 Å². The van der Waals surface area contributed by atoms with E-state index in [-0.39, 0.29) is 4.90 Å². The predicted molar refractivity (Wildman–Crippen MR) is 101 cm³/mol. The van der Waals surface area contributed by atoms with E-state index in [0.717, 1.165) is 36.3 Å². The topological polar surface area (TPSA) is 52.6 Å². The molecule has 0 atom stereocenters. The first-order chi connectivity index (χ1) is 11.5. The number of para-hydroxylation sites is 2. The molecule has 0 unspecified atom stereocenters. The zero-order chi connectivity index (χ0) is 17.2. The Labute approximate surface area is 151 Å². The van der Waals surface area contributed by atoms with Gasteiger partial charge in [-0.05, 0) is 37.4 Å². The smallest absolute Gasteiger partial charge is 0.262 e. The lowest BCUT2D eigenvalue weighted by molar-refractivity contribution is 0.313. The normalized spacial score (nSPS) is 16.2. The summed E-state index contributed by atoms with van der Waals surface area (Å²) in [6.45, 7) is 3.69. The molecule has 0 aliphatic carbocycles. The first-order valence-corrected chi connectivity index (χ1v) is 10.0. The molecule has 2 aromatic rings. The van der Waals surface area contributed by atoms with Crippen LogP contribution >= 0.6 is 15.9 Å². The number of nitrogens with zero attached hydrogens (tertiary/aromatic N) is 2. The third kappa shape index (κ3) is 3.91. The van der Waals surface area contributed by atoms with E-state index in [2.05, 4.69) is 37.5 Å². The van der Waals surface area contributed by atoms with E-state index in [1.165, 1.54) is 0 Å². The maximum absolute atomic E-state index is 12.7. The molecule has 1 fully saturated rings. The zero-order valence-corrected chi connectivity index (χ0v) is 15.8. The second-order valence-corrected chi connectivity index (χ2v) is 8.47. The molecule has 5 nitrogen and oxygen atoms in total. The van der Waals surface area contributed by atoms with Gasteiger partial charge in [0.05, 0.1) is 16.3 Å². The predicted octanol–water partition coefficient (Wildman–Crippen LogP) is 3.00. The fourth-order valence-corrected chi connectivity index (χ4v) is 4.39. The molecule has 0 amide bonds. The van der Waals surface area contributed by atoms with E-state index in [4.69, 9.17) is 0 Å². The maximum Gasteiger partial charge on any atom is 0.262 e. The van der Waals surface area contributed by atoms with E-state index in [9.17, 15) is 8.42 Å². The Morgan fingerprint density at radius 1 is 1.00 bits per heavy atom. The van der Waals surface area contributed by atoms with Crippen LogP contribution in [-0.2, 0) is 10.0 Å². The van der Waals surface area contributed by atoms with Crippen molar-refractivity contribution >= 4 is 37.3 Å². The van der Waals surface area contributed by atoms with Crippen molar-refractivity contribution in [2.24, 2.45) is 0 Å². The van der Waals surface area contributed by atoms with Gasteiger partial charge in [-0.3, -0.25) is 4.72 Å². The van der Waals surface area contributed by atoms with Crippen LogP contribution in [0.15, 0.2) is 57.9 Å². The number of halogens is 1. The van der Waals surface area contributed by atoms with Gasteiger partial charge in [0, 0.05) is 30.7 Å². The van der Waals surface area contributed by atoms with Gasteiger partial charge in [0.2, 0.25) is 0 Å². The summed E-state index contributed by atoms with van der Waals surface area (Å²) in [4.78, 5) is 4.73. The van der Waals surface area contributed by atoms with Crippen LogP contribution in [-0.4, -0.2) is 46.5 Å². The van der Waals surface area contributed by atoms with E-state index >= 15 is 0 Å². The largest absolute Gasteiger partial charge is 0.367 e. The van der Waals surface area contributed by atoms with Gasteiger partial charge in [-0.15, -0.1) is 0 Å². The molecule has 1 heterocycles. The molecule has 7 heteroatoms. The molecular formula is C17H20BrN3O2S. The third-order valence-corrected chi connectivity index (χ3v) is 5.96. The molecule has 128 valence electrons. The van der Waals surface area contributed by atoms with Gasteiger partial charge in [-0.2, -0.15) is 0 Å². The number of hydrogen-bond donors (Lipinski definition) is 1. The number of rotatable bonds is 4. The lowest BCUT2D eigenvalue weighted by atomic mass is 10.2. The summed E-state index contributed by atoms with van der Waals surface area (Å²) in [5.74, 6) is 0. The fourth-order valence-electron chi connectivity index (χ4n) is 2.72. The van der Waals surface area contributed by atoms with Gasteiger partial charge in [-0.25, -0.2) is 8.42 Å². The highest BCUT2D eigenvalue weighted by atomic mass is 79.9. The Kier molecular flexibility index (Phi) is 5.12. The maximum atomic E-state index is 12.7. The van der Waals surface area contributed by atoms with E-state index < -0.39 is 10.0 Å². The van der Waals surface area contributed by atoms with Gasteiger partial charge < -0.3 is 9.80 Å². The van der Waals surface area contributed by atoms with Crippen LogP contribution in [0.5, 0.6) is 0 Å². The molecule has 0 bridgehead atoms. The zero-order valence-electron chi connectivity index (χ0n) is 13.4. The van der Waals surface area contributed by atoms with Crippen LogP contribution < -0.4 is 9.62 Å². The summed E-state index contributed by atoms with van der Waals surface area (Å²) in [5.41, 5.74) is 1.53. The SMILES string of the molecule is CN1CCN(c2ccccc2NS(=O)(=O)c2cccc(Br)c2)CC1. The van der Waals surface area contributed by atoms with E-state index in [1.807, 2.05) is 24.3 Å². The monoisotopic (exact) mass is 409 g/mol. The third-order valence-electron chi connectivity index (χ3n) is 4.10. The second-order valence-electron chi connectivity index (χ2n) is 5.87. The number of benzene rings is 2. The van der Waals surface area contributed by atoms with Crippen LogP contribution in [0.4, 0.5) is 11.4 Å². The quantitative estimate of drug-likeness (QED) is 0.842. The van der Waals surface area contributed by atoms with Gasteiger partial charge in [0.15, 0.2) is 0 Å². The van der Waals surface area contributed by atoms with Crippen molar-refractivity contribution in [1.29, 1.82) is 0 Å². The highest BCUT2D eigenvalue weighted by molar-refractivity contribution is 9.10. The van der Waals surface area contributed by atoms with Crippen molar-refractivity contribution < 1.29 is 8.42 Å². The van der Waals surface area contributed by atoms with E-state index in [0.29, 0.717) is 5.69 Å². The summed E-state index contributed by atoms with van der Waals surface area (Å²) in [6, 6.07) is 14.3. The Morgan fingerprint density at radius 2 is 1.71 bits per heavy atom. The summed E-state index contributed by atoms with van der Waals surface area (Å²) in [7, 11) is -1.53. The average Bonchev–Trinajstić information content (AvgIpc) is 2.56. The molecule has 0 saturated carbocycles. The molecule has 2 aromatic carbocycles. The van der Waals surface area contributed by atoms with Gasteiger partial charge >= 0.3 is 0 Å². The van der Waals surface area contributed by atoms with Gasteiger partial charge in [0.25, 0.3) is 10.0 Å². The standard InChI is InChI=1S/C17H20BrN3O2S/c1-20-9-11-21(12-10-20)17-8-3-2-7-16(17)19-24(22,23)15-6-4-5-14(18)13-15/h2-8,13,19H,9-12H2,1H3. The van der Waals surface area contributed by atoms with Crippen LogP contribution in [0.1, 0.15) is 0 Å². The molecular weight excluding hydrogens is 390 g/mol. The first-order valence-electron chi connectivity index (χ1n) is 7.77. The lowest BCUT2D eigenvalue weighted by Gasteiger charge is -2.35. The van der Waals surface area contributed by atoms with Gasteiger partial charge in [-0.1, -0.05) is 34.1 Å². The lowest BCUT2D eigenvalue weighted by Crippen LogP contribution is -2.44. The number of likely N-dealkylation sites (N-methyl/N-ethyl adjacent to an activating group) is 1. The second kappa shape index (κ2) is 7.13. The molecule has 1 N–H and O–H groups in total. The number of anilines is 2. The van der Waals surface area contributed by atoms with Crippen molar-refractivity contribution in [3.05, 3.63) is 53.0 Å². The fraction of sp³-hybridized carbons (Fsp3) is 0.294. The average molecular weight is 410 g/mol. The summed E-state index contributed by atoms with van der Waals surface area (Å²) < 4.78 is 28.8. The molecule has 1 aliphatic rings. The van der Waals surface area contributed by atoms with Crippen LogP contribution in [0.3, 0.4) is 0 Å². The van der Waals surface area contributed by atoms with Crippen molar-refractivity contribution in [1.82, 2.24) is 4.90 Å². The number of sulfonamides is 1. The van der Waals surface area contributed by atoms with Crippen molar-refractivity contribution in [2.75, 3.05) is 42.8 Å². The summed E-state index contributed by atoms with van der Waals surface area (Å²) >= 11 is 3.32. The number of hydrogen-bond acceptors (Lipinski definition) is 4. The van der Waals surface area contributed by atoms with Crippen molar-refractivity contribution in [2.45, 2.75) is 4.90 Å². The van der Waals surface area contributed by atoms with Crippen LogP contribution in [0.2, 0.25) is 0 Å². The highest BCUT2D eigenvalue weighted by Gasteiger charge is 2.20. The molecule has 3 rings (SSSR count). The van der Waals surface area contributed by atoms with Crippen molar-refractivity contribution in [3.63, 3.8) is 0 Å². The Bertz CT molecular complexity index is 818. The Balaban J connectivity index is 1.88.